The number of hydrogen-bond donors (Lipinski definition) is 1. The molecule has 2 heterocycles. The molecule has 0 saturated heterocycles. The lowest BCUT2D eigenvalue weighted by Gasteiger charge is -2.35. The molecular weight excluding hydrogens is 392 g/mol. The summed E-state index contributed by atoms with van der Waals surface area (Å²) < 4.78 is 1.17. The minimum Gasteiger partial charge on any atom is -0.351 e. The molecule has 1 aliphatic heterocycles. The molecule has 1 aromatic heterocycles. The van der Waals surface area contributed by atoms with Crippen LogP contribution in [0, 0.1) is 0 Å². The monoisotopic (exact) mass is 422 g/mol. The van der Waals surface area contributed by atoms with Gasteiger partial charge in [-0.2, -0.15) is 0 Å². The van der Waals surface area contributed by atoms with Crippen molar-refractivity contribution in [3.8, 4) is 0 Å². The highest BCUT2D eigenvalue weighted by Crippen LogP contribution is 2.42. The minimum absolute atomic E-state index is 0.0142. The van der Waals surface area contributed by atoms with Crippen molar-refractivity contribution in [3.05, 3.63) is 46.4 Å². The number of hydrogen-bond acceptors (Lipinski definition) is 3. The van der Waals surface area contributed by atoms with Crippen LogP contribution >= 0.6 is 11.3 Å². The Balaban J connectivity index is 1.46. The first-order valence-electron chi connectivity index (χ1n) is 11.5. The zero-order chi connectivity index (χ0) is 20.5. The van der Waals surface area contributed by atoms with E-state index in [2.05, 4.69) is 23.5 Å². The van der Waals surface area contributed by atoms with Crippen molar-refractivity contribution in [2.75, 3.05) is 6.54 Å². The van der Waals surface area contributed by atoms with Gasteiger partial charge in [0, 0.05) is 22.2 Å². The van der Waals surface area contributed by atoms with E-state index in [-0.39, 0.29) is 17.9 Å². The second-order valence-corrected chi connectivity index (χ2v) is 10.0. The van der Waals surface area contributed by atoms with Crippen LogP contribution in [0.15, 0.2) is 35.9 Å². The zero-order valence-electron chi connectivity index (χ0n) is 17.5. The standard InChI is InChI=1S/C25H30N2O2S/c28-22-16-20-19-12-6-7-13-21(19)30-24(20)23(25(29)26-18-10-4-5-11-18)27(22)15-14-17-8-2-1-3-9-17/h6-8,12-13,18,23H,1-5,9-11,14-16H2,(H,26,29). The van der Waals surface area contributed by atoms with E-state index in [0.29, 0.717) is 13.0 Å². The quantitative estimate of drug-likeness (QED) is 0.667. The highest BCUT2D eigenvalue weighted by Gasteiger charge is 2.40. The molecule has 5 rings (SSSR count). The highest BCUT2D eigenvalue weighted by atomic mass is 32.1. The molecule has 0 radical (unpaired) electrons. The van der Waals surface area contributed by atoms with E-state index >= 15 is 0 Å². The van der Waals surface area contributed by atoms with Gasteiger partial charge in [0.2, 0.25) is 11.8 Å². The molecule has 1 fully saturated rings. The van der Waals surface area contributed by atoms with Gasteiger partial charge in [0.15, 0.2) is 0 Å². The first-order chi connectivity index (χ1) is 14.7. The summed E-state index contributed by atoms with van der Waals surface area (Å²) in [4.78, 5) is 29.7. The Morgan fingerprint density at radius 1 is 1.13 bits per heavy atom. The SMILES string of the molecule is O=C(NC1CCCC1)C1c2sc3ccccc3c2CC(=O)N1CCC1=CCCCC1. The molecule has 30 heavy (non-hydrogen) atoms. The largest absolute Gasteiger partial charge is 0.351 e. The van der Waals surface area contributed by atoms with Gasteiger partial charge in [0.05, 0.1) is 6.42 Å². The molecule has 1 N–H and O–H groups in total. The van der Waals surface area contributed by atoms with Gasteiger partial charge in [-0.15, -0.1) is 11.3 Å². The van der Waals surface area contributed by atoms with Crippen LogP contribution in [0.25, 0.3) is 10.1 Å². The second-order valence-electron chi connectivity index (χ2n) is 8.96. The lowest BCUT2D eigenvalue weighted by atomic mass is 9.94. The zero-order valence-corrected chi connectivity index (χ0v) is 18.3. The number of nitrogens with one attached hydrogen (secondary N) is 1. The Morgan fingerprint density at radius 3 is 2.77 bits per heavy atom. The van der Waals surface area contributed by atoms with E-state index in [0.717, 1.165) is 47.9 Å². The van der Waals surface area contributed by atoms with Crippen LogP contribution in [0.3, 0.4) is 0 Å². The van der Waals surface area contributed by atoms with Crippen molar-refractivity contribution >= 4 is 33.2 Å². The number of thiophene rings is 1. The van der Waals surface area contributed by atoms with Crippen molar-refractivity contribution in [2.24, 2.45) is 0 Å². The molecule has 2 aliphatic carbocycles. The van der Waals surface area contributed by atoms with Crippen molar-refractivity contribution in [1.29, 1.82) is 0 Å². The lowest BCUT2D eigenvalue weighted by molar-refractivity contribution is -0.141. The van der Waals surface area contributed by atoms with Gasteiger partial charge in [-0.1, -0.05) is 42.7 Å². The summed E-state index contributed by atoms with van der Waals surface area (Å²) in [5, 5.41) is 4.42. The van der Waals surface area contributed by atoms with Crippen LogP contribution in [-0.4, -0.2) is 29.3 Å². The molecule has 4 nitrogen and oxygen atoms in total. The number of carbonyl (C=O) groups is 2. The first kappa shape index (κ1) is 19.8. The molecule has 1 saturated carbocycles. The van der Waals surface area contributed by atoms with Crippen LogP contribution in [0.4, 0.5) is 0 Å². The number of benzene rings is 1. The predicted molar refractivity (Wildman–Crippen MR) is 122 cm³/mol. The Kier molecular flexibility index (Phi) is 5.64. The average Bonchev–Trinajstić information content (AvgIpc) is 3.40. The van der Waals surface area contributed by atoms with Gasteiger partial charge in [-0.25, -0.2) is 0 Å². The topological polar surface area (TPSA) is 49.4 Å². The first-order valence-corrected chi connectivity index (χ1v) is 12.3. The van der Waals surface area contributed by atoms with Gasteiger partial charge >= 0.3 is 0 Å². The minimum atomic E-state index is -0.483. The number of rotatable bonds is 5. The Morgan fingerprint density at radius 2 is 1.97 bits per heavy atom. The normalized spacial score (nSPS) is 22.3. The molecule has 3 aliphatic rings. The van der Waals surface area contributed by atoms with E-state index in [1.165, 1.54) is 36.0 Å². The third kappa shape index (κ3) is 3.80. The molecule has 1 aromatic carbocycles. The number of nitrogens with zero attached hydrogens (tertiary/aromatic N) is 1. The summed E-state index contributed by atoms with van der Waals surface area (Å²) in [6, 6.07) is 8.03. The third-order valence-electron chi connectivity index (χ3n) is 6.95. The summed E-state index contributed by atoms with van der Waals surface area (Å²) in [6.45, 7) is 0.640. The summed E-state index contributed by atoms with van der Waals surface area (Å²) in [5.74, 6) is 0.106. The molecular formula is C25H30N2O2S. The summed E-state index contributed by atoms with van der Waals surface area (Å²) >= 11 is 1.69. The molecule has 1 unspecified atom stereocenters. The smallest absolute Gasteiger partial charge is 0.248 e. The molecule has 2 amide bonds. The van der Waals surface area contributed by atoms with Crippen LogP contribution in [0.1, 0.15) is 74.3 Å². The summed E-state index contributed by atoms with van der Waals surface area (Å²) in [7, 11) is 0. The van der Waals surface area contributed by atoms with Crippen molar-refractivity contribution < 1.29 is 9.59 Å². The van der Waals surface area contributed by atoms with E-state index in [4.69, 9.17) is 0 Å². The van der Waals surface area contributed by atoms with Crippen LogP contribution < -0.4 is 5.32 Å². The van der Waals surface area contributed by atoms with E-state index in [1.54, 1.807) is 11.3 Å². The number of amides is 2. The lowest BCUT2D eigenvalue weighted by Crippen LogP contribution is -2.49. The summed E-state index contributed by atoms with van der Waals surface area (Å²) in [6.07, 6.45) is 12.9. The van der Waals surface area contributed by atoms with Gasteiger partial charge in [0.25, 0.3) is 0 Å². The molecule has 158 valence electrons. The van der Waals surface area contributed by atoms with Gasteiger partial charge < -0.3 is 10.2 Å². The van der Waals surface area contributed by atoms with Crippen LogP contribution in [0.2, 0.25) is 0 Å². The van der Waals surface area contributed by atoms with Crippen molar-refractivity contribution in [1.82, 2.24) is 10.2 Å². The van der Waals surface area contributed by atoms with E-state index in [9.17, 15) is 9.59 Å². The van der Waals surface area contributed by atoms with Crippen LogP contribution in [0.5, 0.6) is 0 Å². The second kappa shape index (κ2) is 8.54. The Hall–Kier alpha value is -2.14. The molecule has 1 atom stereocenters. The Labute approximate surface area is 182 Å². The fourth-order valence-corrected chi connectivity index (χ4v) is 6.66. The fraction of sp³-hybridized carbons (Fsp3) is 0.520. The maximum atomic E-state index is 13.5. The predicted octanol–water partition coefficient (Wildman–Crippen LogP) is 5.28. The van der Waals surface area contributed by atoms with Gasteiger partial charge in [-0.05, 0) is 62.0 Å². The summed E-state index contributed by atoms with van der Waals surface area (Å²) in [5.41, 5.74) is 2.52. The third-order valence-corrected chi connectivity index (χ3v) is 8.21. The Bertz CT molecular complexity index is 986. The molecule has 2 aromatic rings. The van der Waals surface area contributed by atoms with E-state index in [1.807, 2.05) is 17.0 Å². The fourth-order valence-electron chi connectivity index (χ4n) is 5.32. The van der Waals surface area contributed by atoms with Crippen molar-refractivity contribution in [3.63, 3.8) is 0 Å². The van der Waals surface area contributed by atoms with Crippen LogP contribution in [-0.2, 0) is 16.0 Å². The number of allylic oxidation sites excluding steroid dienone is 1. The van der Waals surface area contributed by atoms with Gasteiger partial charge in [-0.3, -0.25) is 9.59 Å². The maximum Gasteiger partial charge on any atom is 0.248 e. The van der Waals surface area contributed by atoms with Gasteiger partial charge in [0.1, 0.15) is 6.04 Å². The number of carbonyl (C=O) groups excluding carboxylic acids is 2. The average molecular weight is 423 g/mol. The van der Waals surface area contributed by atoms with E-state index < -0.39 is 6.04 Å². The maximum absolute atomic E-state index is 13.5. The highest BCUT2D eigenvalue weighted by molar-refractivity contribution is 7.19. The molecule has 0 bridgehead atoms. The van der Waals surface area contributed by atoms with Crippen molar-refractivity contribution in [2.45, 2.75) is 76.3 Å². The number of fused-ring (bicyclic) bond motifs is 3. The molecule has 5 heteroatoms. The molecule has 0 spiro atoms.